The Labute approximate surface area is 400 Å². The molecule has 0 bridgehead atoms. The summed E-state index contributed by atoms with van der Waals surface area (Å²) in [5.74, 6) is -1.01. The Hall–Kier alpha value is -3.93. The van der Waals surface area contributed by atoms with Crippen LogP contribution >= 0.6 is 0 Å². The first-order valence-electron chi connectivity index (χ1n) is 26.5. The summed E-state index contributed by atoms with van der Waals surface area (Å²) < 4.78 is 16.7. The topological polar surface area (TPSA) is 78.9 Å². The second kappa shape index (κ2) is 52.7. The van der Waals surface area contributed by atoms with Gasteiger partial charge in [0.15, 0.2) is 6.10 Å². The number of hydrogen-bond acceptors (Lipinski definition) is 6. The van der Waals surface area contributed by atoms with Crippen molar-refractivity contribution < 1.29 is 28.6 Å². The van der Waals surface area contributed by atoms with Gasteiger partial charge < -0.3 is 14.2 Å². The first kappa shape index (κ1) is 61.1. The van der Waals surface area contributed by atoms with Gasteiger partial charge in [0.25, 0.3) is 0 Å². The standard InChI is InChI=1S/C59H96O6/c1-4-7-10-13-16-19-22-25-27-28-29-30-32-34-37-40-43-46-49-52-58(61)64-55-56(54-63-57(60)51-48-45-42-39-36-33-24-21-18-15-12-9-6-3)65-59(62)53-50-47-44-41-38-35-31-26-23-20-17-14-11-8-5-2/h8-9,11-12,14-15,17-18,20-21,23-24,28-29,33,36,39,42,56H,4-7,10,13,16,19,22,25-27,30-32,34-35,37-38,40-41,43-55H2,1-3H3/b11-8-,12-9-,17-14-,18-15-,23-20-,24-21-,29-28-,36-33-,42-39-. The predicted octanol–water partition coefficient (Wildman–Crippen LogP) is 17.5. The maximum atomic E-state index is 12.8. The van der Waals surface area contributed by atoms with E-state index in [1.54, 1.807) is 0 Å². The molecule has 0 radical (unpaired) electrons. The minimum Gasteiger partial charge on any atom is -0.462 e. The number of ether oxygens (including phenoxy) is 3. The molecule has 0 aliphatic carbocycles. The van der Waals surface area contributed by atoms with E-state index in [1.165, 1.54) is 109 Å². The number of unbranched alkanes of at least 4 members (excludes halogenated alkanes) is 23. The van der Waals surface area contributed by atoms with Crippen LogP contribution in [0.2, 0.25) is 0 Å². The predicted molar refractivity (Wildman–Crippen MR) is 279 cm³/mol. The highest BCUT2D eigenvalue weighted by atomic mass is 16.6. The number of esters is 3. The molecule has 0 saturated carbocycles. The average Bonchev–Trinajstić information content (AvgIpc) is 3.30. The van der Waals surface area contributed by atoms with Crippen LogP contribution in [0.15, 0.2) is 109 Å². The smallest absolute Gasteiger partial charge is 0.306 e. The summed E-state index contributed by atoms with van der Waals surface area (Å²) in [7, 11) is 0. The van der Waals surface area contributed by atoms with Crippen LogP contribution in [0, 0.1) is 0 Å². The summed E-state index contributed by atoms with van der Waals surface area (Å²) in [5, 5.41) is 0. The number of hydrogen-bond donors (Lipinski definition) is 0. The van der Waals surface area contributed by atoms with Crippen LogP contribution in [-0.4, -0.2) is 37.2 Å². The fourth-order valence-corrected chi connectivity index (χ4v) is 7.00. The zero-order chi connectivity index (χ0) is 47.2. The maximum Gasteiger partial charge on any atom is 0.306 e. The number of rotatable bonds is 46. The third-order valence-electron chi connectivity index (χ3n) is 10.9. The largest absolute Gasteiger partial charge is 0.462 e. The summed E-state index contributed by atoms with van der Waals surface area (Å²) in [5.41, 5.74) is 0. The Morgan fingerprint density at radius 3 is 1.05 bits per heavy atom. The normalized spacial score (nSPS) is 13.0. The van der Waals surface area contributed by atoms with E-state index in [1.807, 2.05) is 54.7 Å². The summed E-state index contributed by atoms with van der Waals surface area (Å²) in [4.78, 5) is 38.0. The van der Waals surface area contributed by atoms with E-state index < -0.39 is 6.10 Å². The van der Waals surface area contributed by atoms with E-state index in [4.69, 9.17) is 14.2 Å². The van der Waals surface area contributed by atoms with Crippen molar-refractivity contribution in [2.45, 2.75) is 232 Å². The van der Waals surface area contributed by atoms with Gasteiger partial charge in [0.1, 0.15) is 13.2 Å². The van der Waals surface area contributed by atoms with Gasteiger partial charge in [-0.2, -0.15) is 0 Å². The zero-order valence-electron chi connectivity index (χ0n) is 42.0. The van der Waals surface area contributed by atoms with Crippen molar-refractivity contribution in [3.8, 4) is 0 Å². The van der Waals surface area contributed by atoms with Crippen LogP contribution in [0.25, 0.3) is 0 Å². The van der Waals surface area contributed by atoms with Gasteiger partial charge in [-0.1, -0.05) is 239 Å². The van der Waals surface area contributed by atoms with Crippen molar-refractivity contribution in [2.24, 2.45) is 0 Å². The molecule has 1 unspecified atom stereocenters. The molecule has 0 rings (SSSR count). The molecule has 0 aliphatic heterocycles. The number of carbonyl (C=O) groups excluding carboxylic acids is 3. The Morgan fingerprint density at radius 2 is 0.631 bits per heavy atom. The zero-order valence-corrected chi connectivity index (χ0v) is 42.0. The first-order valence-corrected chi connectivity index (χ1v) is 26.5. The molecule has 6 heteroatoms. The van der Waals surface area contributed by atoms with Crippen molar-refractivity contribution in [3.63, 3.8) is 0 Å². The van der Waals surface area contributed by atoms with Crippen molar-refractivity contribution in [1.82, 2.24) is 0 Å². The van der Waals surface area contributed by atoms with Gasteiger partial charge in [0.05, 0.1) is 0 Å². The van der Waals surface area contributed by atoms with E-state index >= 15 is 0 Å². The van der Waals surface area contributed by atoms with Crippen LogP contribution in [0.1, 0.15) is 226 Å². The molecule has 6 nitrogen and oxygen atoms in total. The van der Waals surface area contributed by atoms with Crippen LogP contribution in [0.3, 0.4) is 0 Å². The highest BCUT2D eigenvalue weighted by molar-refractivity contribution is 5.71. The fraction of sp³-hybridized carbons (Fsp3) is 0.644. The summed E-state index contributed by atoms with van der Waals surface area (Å²) in [6.45, 7) is 6.28. The van der Waals surface area contributed by atoms with Gasteiger partial charge in [-0.05, 0) is 77.0 Å². The molecule has 0 saturated heterocycles. The summed E-state index contributed by atoms with van der Waals surface area (Å²) >= 11 is 0. The van der Waals surface area contributed by atoms with Crippen LogP contribution < -0.4 is 0 Å². The van der Waals surface area contributed by atoms with Crippen molar-refractivity contribution in [1.29, 1.82) is 0 Å². The van der Waals surface area contributed by atoms with Crippen molar-refractivity contribution in [3.05, 3.63) is 109 Å². The number of allylic oxidation sites excluding steroid dienone is 18. The van der Waals surface area contributed by atoms with Crippen LogP contribution in [0.4, 0.5) is 0 Å². The van der Waals surface area contributed by atoms with E-state index in [0.717, 1.165) is 70.6 Å². The third-order valence-corrected chi connectivity index (χ3v) is 10.9. The molecule has 0 N–H and O–H groups in total. The molecule has 0 heterocycles. The summed E-state index contributed by atoms with van der Waals surface area (Å²) in [6, 6.07) is 0. The molecule has 0 aromatic carbocycles. The van der Waals surface area contributed by atoms with Gasteiger partial charge in [0, 0.05) is 19.3 Å². The SMILES string of the molecule is CC\C=C/C=C\C=C/C=C\C=C/CCCC(=O)OCC(COC(=O)CCCCCCCCC/C=C\CCCCCCCCCC)OC(=O)CCCCCCCCC\C=C/C=C\C=C/CC. The molecule has 0 aromatic rings. The lowest BCUT2D eigenvalue weighted by Gasteiger charge is -2.18. The Bertz CT molecular complexity index is 1360. The first-order chi connectivity index (χ1) is 32.0. The Balaban J connectivity index is 4.47. The average molecular weight is 901 g/mol. The van der Waals surface area contributed by atoms with Crippen molar-refractivity contribution >= 4 is 17.9 Å². The Kier molecular flexibility index (Phi) is 49.5. The minimum absolute atomic E-state index is 0.110. The van der Waals surface area contributed by atoms with Crippen LogP contribution in [0.5, 0.6) is 0 Å². The molecule has 0 amide bonds. The Morgan fingerprint density at radius 1 is 0.323 bits per heavy atom. The molecular weight excluding hydrogens is 805 g/mol. The van der Waals surface area contributed by atoms with Gasteiger partial charge in [-0.3, -0.25) is 14.4 Å². The third kappa shape index (κ3) is 50.9. The molecular formula is C59H96O6. The quantitative estimate of drug-likeness (QED) is 0.0199. The molecule has 65 heavy (non-hydrogen) atoms. The summed E-state index contributed by atoms with van der Waals surface area (Å²) in [6.07, 6.45) is 70.8. The van der Waals surface area contributed by atoms with Crippen molar-refractivity contribution in [2.75, 3.05) is 13.2 Å². The van der Waals surface area contributed by atoms with Crippen LogP contribution in [-0.2, 0) is 28.6 Å². The molecule has 0 fully saturated rings. The second-order valence-electron chi connectivity index (χ2n) is 17.2. The van der Waals surface area contributed by atoms with Gasteiger partial charge in [-0.15, -0.1) is 0 Å². The highest BCUT2D eigenvalue weighted by Gasteiger charge is 2.19. The molecule has 0 aromatic heterocycles. The fourth-order valence-electron chi connectivity index (χ4n) is 7.00. The van der Waals surface area contributed by atoms with Gasteiger partial charge in [-0.25, -0.2) is 0 Å². The van der Waals surface area contributed by atoms with E-state index in [9.17, 15) is 14.4 Å². The molecule has 0 spiro atoms. The lowest BCUT2D eigenvalue weighted by Crippen LogP contribution is -2.30. The minimum atomic E-state index is -0.816. The monoisotopic (exact) mass is 901 g/mol. The lowest BCUT2D eigenvalue weighted by atomic mass is 10.1. The number of carbonyl (C=O) groups is 3. The van der Waals surface area contributed by atoms with E-state index in [-0.39, 0.29) is 37.5 Å². The maximum absolute atomic E-state index is 12.8. The van der Waals surface area contributed by atoms with Gasteiger partial charge in [0.2, 0.25) is 0 Å². The molecule has 368 valence electrons. The molecule has 0 aliphatic rings. The van der Waals surface area contributed by atoms with E-state index in [0.29, 0.717) is 19.3 Å². The second-order valence-corrected chi connectivity index (χ2v) is 17.2. The lowest BCUT2D eigenvalue weighted by molar-refractivity contribution is -0.167. The highest BCUT2D eigenvalue weighted by Crippen LogP contribution is 2.14. The molecule has 1 atom stereocenters. The van der Waals surface area contributed by atoms with E-state index in [2.05, 4.69) is 75.5 Å². The van der Waals surface area contributed by atoms with Gasteiger partial charge >= 0.3 is 17.9 Å².